The van der Waals surface area contributed by atoms with Crippen LogP contribution < -0.4 is 5.73 Å². The molecular weight excluding hydrogens is 214 g/mol. The molecule has 0 radical (unpaired) electrons. The third-order valence-corrected chi connectivity index (χ3v) is 3.50. The number of nitrogens with two attached hydrogens (primary N) is 1. The predicted octanol–water partition coefficient (Wildman–Crippen LogP) is 2.11. The Balaban J connectivity index is 1.99. The van der Waals surface area contributed by atoms with Crippen molar-refractivity contribution >= 4 is 0 Å². The fourth-order valence-electron chi connectivity index (χ4n) is 2.73. The SMILES string of the molecule is NC1CC(O)(Cc2ccoc2)c2ccccc21. The molecule has 0 bridgehead atoms. The Kier molecular flexibility index (Phi) is 2.31. The van der Waals surface area contributed by atoms with Crippen LogP contribution in [0.2, 0.25) is 0 Å². The Labute approximate surface area is 99.9 Å². The standard InChI is InChI=1S/C14H15NO2/c15-13-8-14(16,7-10-5-6-17-9-10)12-4-2-1-3-11(12)13/h1-6,9,13,16H,7-8,15H2. The number of benzene rings is 1. The zero-order valence-corrected chi connectivity index (χ0v) is 9.47. The summed E-state index contributed by atoms with van der Waals surface area (Å²) < 4.78 is 5.04. The minimum Gasteiger partial charge on any atom is -0.472 e. The number of furan rings is 1. The molecule has 1 aliphatic rings. The fourth-order valence-corrected chi connectivity index (χ4v) is 2.73. The van der Waals surface area contributed by atoms with E-state index in [4.69, 9.17) is 10.2 Å². The smallest absolute Gasteiger partial charge is 0.0959 e. The van der Waals surface area contributed by atoms with E-state index in [1.54, 1.807) is 12.5 Å². The minimum absolute atomic E-state index is 0.0805. The predicted molar refractivity (Wildman–Crippen MR) is 64.3 cm³/mol. The molecule has 3 nitrogen and oxygen atoms in total. The zero-order valence-electron chi connectivity index (χ0n) is 9.47. The molecule has 1 aromatic carbocycles. The fraction of sp³-hybridized carbons (Fsp3) is 0.286. The summed E-state index contributed by atoms with van der Waals surface area (Å²) in [5.41, 5.74) is 8.21. The van der Waals surface area contributed by atoms with E-state index in [1.165, 1.54) is 0 Å². The van der Waals surface area contributed by atoms with Crippen molar-refractivity contribution in [3.63, 3.8) is 0 Å². The van der Waals surface area contributed by atoms with Gasteiger partial charge in [-0.3, -0.25) is 0 Å². The first-order chi connectivity index (χ1) is 8.19. The molecule has 0 fully saturated rings. The van der Waals surface area contributed by atoms with Crippen LogP contribution in [-0.4, -0.2) is 5.11 Å². The Morgan fingerprint density at radius 1 is 1.35 bits per heavy atom. The summed E-state index contributed by atoms with van der Waals surface area (Å²) in [5, 5.41) is 10.8. The van der Waals surface area contributed by atoms with Gasteiger partial charge in [0, 0.05) is 12.5 Å². The van der Waals surface area contributed by atoms with Gasteiger partial charge >= 0.3 is 0 Å². The molecule has 17 heavy (non-hydrogen) atoms. The third-order valence-electron chi connectivity index (χ3n) is 3.50. The molecule has 1 aliphatic carbocycles. The second-order valence-electron chi connectivity index (χ2n) is 4.74. The molecule has 0 spiro atoms. The van der Waals surface area contributed by atoms with Gasteiger partial charge in [0.25, 0.3) is 0 Å². The summed E-state index contributed by atoms with van der Waals surface area (Å²) in [4.78, 5) is 0. The molecule has 0 amide bonds. The Morgan fingerprint density at radius 2 is 2.18 bits per heavy atom. The van der Waals surface area contributed by atoms with Crippen molar-refractivity contribution in [2.24, 2.45) is 5.73 Å². The quantitative estimate of drug-likeness (QED) is 0.829. The number of hydrogen-bond acceptors (Lipinski definition) is 3. The highest BCUT2D eigenvalue weighted by Gasteiger charge is 2.40. The van der Waals surface area contributed by atoms with E-state index in [1.807, 2.05) is 30.3 Å². The van der Waals surface area contributed by atoms with E-state index >= 15 is 0 Å². The number of fused-ring (bicyclic) bond motifs is 1. The average Bonchev–Trinajstić information content (AvgIpc) is 2.89. The second-order valence-corrected chi connectivity index (χ2v) is 4.74. The van der Waals surface area contributed by atoms with Crippen molar-refractivity contribution in [3.05, 3.63) is 59.5 Å². The monoisotopic (exact) mass is 229 g/mol. The van der Waals surface area contributed by atoms with Crippen LogP contribution in [0.1, 0.15) is 29.2 Å². The third kappa shape index (κ3) is 1.68. The molecule has 1 aromatic heterocycles. The van der Waals surface area contributed by atoms with Gasteiger partial charge in [-0.25, -0.2) is 0 Å². The van der Waals surface area contributed by atoms with Crippen molar-refractivity contribution in [3.8, 4) is 0 Å². The molecule has 0 saturated carbocycles. The van der Waals surface area contributed by atoms with Crippen LogP contribution in [0.5, 0.6) is 0 Å². The van der Waals surface area contributed by atoms with Crippen LogP contribution in [0.3, 0.4) is 0 Å². The summed E-state index contributed by atoms with van der Waals surface area (Å²) >= 11 is 0. The summed E-state index contributed by atoms with van der Waals surface area (Å²) in [5.74, 6) is 0. The summed E-state index contributed by atoms with van der Waals surface area (Å²) in [6.45, 7) is 0. The minimum atomic E-state index is -0.861. The molecule has 2 atom stereocenters. The van der Waals surface area contributed by atoms with Crippen LogP contribution in [0.15, 0.2) is 47.3 Å². The average molecular weight is 229 g/mol. The van der Waals surface area contributed by atoms with Crippen LogP contribution in [0.4, 0.5) is 0 Å². The van der Waals surface area contributed by atoms with Crippen molar-refractivity contribution in [1.29, 1.82) is 0 Å². The molecule has 2 unspecified atom stereocenters. The Hall–Kier alpha value is -1.58. The maximum atomic E-state index is 10.8. The molecule has 3 rings (SSSR count). The van der Waals surface area contributed by atoms with Crippen molar-refractivity contribution in [2.45, 2.75) is 24.5 Å². The van der Waals surface area contributed by atoms with Crippen LogP contribution in [-0.2, 0) is 12.0 Å². The summed E-state index contributed by atoms with van der Waals surface area (Å²) in [7, 11) is 0. The molecule has 88 valence electrons. The molecule has 1 heterocycles. The maximum Gasteiger partial charge on any atom is 0.0959 e. The number of rotatable bonds is 2. The number of hydrogen-bond donors (Lipinski definition) is 2. The lowest BCUT2D eigenvalue weighted by Crippen LogP contribution is -2.26. The lowest BCUT2D eigenvalue weighted by atomic mass is 9.90. The summed E-state index contributed by atoms with van der Waals surface area (Å²) in [6.07, 6.45) is 4.41. The van der Waals surface area contributed by atoms with Gasteiger partial charge in [-0.05, 0) is 29.2 Å². The van der Waals surface area contributed by atoms with Crippen molar-refractivity contribution in [1.82, 2.24) is 0 Å². The van der Waals surface area contributed by atoms with Crippen LogP contribution >= 0.6 is 0 Å². The lowest BCUT2D eigenvalue weighted by Gasteiger charge is -2.23. The second kappa shape index (κ2) is 3.72. The highest BCUT2D eigenvalue weighted by atomic mass is 16.3. The highest BCUT2D eigenvalue weighted by Crippen LogP contribution is 2.43. The van der Waals surface area contributed by atoms with Gasteiger partial charge in [-0.1, -0.05) is 24.3 Å². The Morgan fingerprint density at radius 3 is 2.94 bits per heavy atom. The first-order valence-corrected chi connectivity index (χ1v) is 5.77. The van der Waals surface area contributed by atoms with Gasteiger partial charge < -0.3 is 15.3 Å². The first kappa shape index (κ1) is 10.6. The van der Waals surface area contributed by atoms with E-state index in [0.29, 0.717) is 12.8 Å². The van der Waals surface area contributed by atoms with Gasteiger partial charge in [0.15, 0.2) is 0 Å². The van der Waals surface area contributed by atoms with E-state index in [0.717, 1.165) is 16.7 Å². The van der Waals surface area contributed by atoms with Crippen molar-refractivity contribution in [2.75, 3.05) is 0 Å². The Bertz CT molecular complexity index is 521. The number of aliphatic hydroxyl groups is 1. The maximum absolute atomic E-state index is 10.8. The molecule has 3 heteroatoms. The highest BCUT2D eigenvalue weighted by molar-refractivity contribution is 5.41. The largest absolute Gasteiger partial charge is 0.472 e. The molecule has 2 aromatic rings. The molecular formula is C14H15NO2. The zero-order chi connectivity index (χ0) is 11.9. The van der Waals surface area contributed by atoms with E-state index in [-0.39, 0.29) is 6.04 Å². The van der Waals surface area contributed by atoms with Crippen molar-refractivity contribution < 1.29 is 9.52 Å². The normalized spacial score (nSPS) is 27.1. The van der Waals surface area contributed by atoms with Crippen LogP contribution in [0, 0.1) is 0 Å². The van der Waals surface area contributed by atoms with E-state index in [9.17, 15) is 5.11 Å². The van der Waals surface area contributed by atoms with Gasteiger partial charge in [0.05, 0.1) is 18.1 Å². The first-order valence-electron chi connectivity index (χ1n) is 5.77. The topological polar surface area (TPSA) is 59.4 Å². The van der Waals surface area contributed by atoms with E-state index < -0.39 is 5.60 Å². The van der Waals surface area contributed by atoms with Gasteiger partial charge in [-0.2, -0.15) is 0 Å². The van der Waals surface area contributed by atoms with Gasteiger partial charge in [0.1, 0.15) is 0 Å². The lowest BCUT2D eigenvalue weighted by molar-refractivity contribution is 0.0340. The summed E-state index contributed by atoms with van der Waals surface area (Å²) in [6, 6.07) is 9.66. The van der Waals surface area contributed by atoms with Crippen LogP contribution in [0.25, 0.3) is 0 Å². The molecule has 3 N–H and O–H groups in total. The van der Waals surface area contributed by atoms with E-state index in [2.05, 4.69) is 0 Å². The van der Waals surface area contributed by atoms with Gasteiger partial charge in [-0.15, -0.1) is 0 Å². The van der Waals surface area contributed by atoms with Gasteiger partial charge in [0.2, 0.25) is 0 Å². The molecule has 0 aliphatic heterocycles. The molecule has 0 saturated heterocycles.